The van der Waals surface area contributed by atoms with E-state index in [-0.39, 0.29) is 28.9 Å². The van der Waals surface area contributed by atoms with Gasteiger partial charge in [-0.15, -0.1) is 0 Å². The van der Waals surface area contributed by atoms with Crippen LogP contribution in [0.1, 0.15) is 32.1 Å². The van der Waals surface area contributed by atoms with Gasteiger partial charge in [0.05, 0.1) is 50.3 Å². The molecule has 8 heteroatoms. The zero-order valence-electron chi connectivity index (χ0n) is 11.7. The van der Waals surface area contributed by atoms with Crippen molar-refractivity contribution in [3.05, 3.63) is 22.5 Å². The smallest absolute Gasteiger partial charge is 0.340 e. The molecule has 0 aliphatic rings. The highest BCUT2D eigenvalue weighted by atomic mass is 16.5. The quantitative estimate of drug-likeness (QED) is 0.463. The van der Waals surface area contributed by atoms with Gasteiger partial charge in [-0.25, -0.2) is 9.59 Å². The van der Waals surface area contributed by atoms with Crippen LogP contribution >= 0.6 is 0 Å². The van der Waals surface area contributed by atoms with Crippen LogP contribution in [-0.4, -0.2) is 43.9 Å². The van der Waals surface area contributed by atoms with Crippen molar-refractivity contribution in [2.24, 2.45) is 0 Å². The molecule has 1 aromatic rings. The second-order valence-corrected chi connectivity index (χ2v) is 3.89. The fraction of sp³-hybridized carbons (Fsp3) is 0.417. The number of ether oxygens (including phenoxy) is 3. The zero-order chi connectivity index (χ0) is 15.4. The molecule has 1 rings (SSSR count). The van der Waals surface area contributed by atoms with E-state index in [1.807, 2.05) is 0 Å². The fourth-order valence-electron chi connectivity index (χ4n) is 1.82. The van der Waals surface area contributed by atoms with Gasteiger partial charge in [-0.1, -0.05) is 0 Å². The highest BCUT2D eigenvalue weighted by Crippen LogP contribution is 2.23. The van der Waals surface area contributed by atoms with E-state index in [0.717, 1.165) is 11.8 Å². The van der Waals surface area contributed by atoms with E-state index < -0.39 is 17.9 Å². The molecule has 0 fully saturated rings. The molecule has 0 saturated heterocycles. The molecule has 0 amide bonds. The normalized spacial score (nSPS) is 10.0. The van der Waals surface area contributed by atoms with Crippen molar-refractivity contribution < 1.29 is 28.6 Å². The number of aromatic nitrogens is 1. The number of carbonyl (C=O) groups excluding carboxylic acids is 3. The lowest BCUT2D eigenvalue weighted by Crippen LogP contribution is -2.19. The molecule has 0 radical (unpaired) electrons. The predicted octanol–water partition coefficient (Wildman–Crippen LogP) is -0.201. The van der Waals surface area contributed by atoms with Crippen LogP contribution in [0.2, 0.25) is 0 Å². The van der Waals surface area contributed by atoms with Gasteiger partial charge in [0.1, 0.15) is 0 Å². The van der Waals surface area contributed by atoms with Gasteiger partial charge >= 0.3 is 17.9 Å². The molecule has 0 spiro atoms. The van der Waals surface area contributed by atoms with Crippen molar-refractivity contribution in [2.45, 2.75) is 13.3 Å². The van der Waals surface area contributed by atoms with Crippen LogP contribution in [-0.2, 0) is 25.4 Å². The van der Waals surface area contributed by atoms with Gasteiger partial charge in [0, 0.05) is 0 Å². The van der Waals surface area contributed by atoms with Crippen LogP contribution in [0.4, 0.5) is 0 Å². The summed E-state index contributed by atoms with van der Waals surface area (Å²) in [5.74, 6) is 3.67. The molecule has 0 atom stereocenters. The molecule has 0 aliphatic heterocycles. The van der Waals surface area contributed by atoms with E-state index in [2.05, 4.69) is 14.2 Å². The van der Waals surface area contributed by atoms with Crippen LogP contribution in [0.15, 0.2) is 0 Å². The lowest BCUT2D eigenvalue weighted by Gasteiger charge is -2.06. The van der Waals surface area contributed by atoms with Gasteiger partial charge in [0.15, 0.2) is 0 Å². The molecule has 0 saturated carbocycles. The third-order valence-corrected chi connectivity index (χ3v) is 2.87. The number of nitrogen functional groups attached to an aromatic ring is 1. The number of methoxy groups -OCH3 is 3. The van der Waals surface area contributed by atoms with Crippen LogP contribution in [0.3, 0.4) is 0 Å². The highest BCUT2D eigenvalue weighted by molar-refractivity contribution is 6.05. The summed E-state index contributed by atoms with van der Waals surface area (Å²) in [5.41, 5.74) is 0.295. The zero-order valence-corrected chi connectivity index (χ0v) is 11.7. The maximum absolute atomic E-state index is 11.9. The topological polar surface area (TPSA) is 110 Å². The Morgan fingerprint density at radius 2 is 1.50 bits per heavy atom. The molecule has 8 nitrogen and oxygen atoms in total. The maximum atomic E-state index is 11.9. The number of hydrogen-bond acceptors (Lipinski definition) is 7. The van der Waals surface area contributed by atoms with E-state index in [0.29, 0.717) is 0 Å². The summed E-state index contributed by atoms with van der Waals surface area (Å²) in [6, 6.07) is 0. The molecule has 1 heterocycles. The van der Waals surface area contributed by atoms with E-state index >= 15 is 0 Å². The first-order valence-corrected chi connectivity index (χ1v) is 5.61. The van der Waals surface area contributed by atoms with Gasteiger partial charge in [0.2, 0.25) is 0 Å². The molecule has 0 aromatic carbocycles. The average Bonchev–Trinajstić information content (AvgIpc) is 2.70. The third-order valence-electron chi connectivity index (χ3n) is 2.87. The summed E-state index contributed by atoms with van der Waals surface area (Å²) in [7, 11) is 3.54. The summed E-state index contributed by atoms with van der Waals surface area (Å²) >= 11 is 0. The molecule has 0 aliphatic carbocycles. The Morgan fingerprint density at radius 1 is 1.00 bits per heavy atom. The van der Waals surface area contributed by atoms with Crippen molar-refractivity contribution in [3.8, 4) is 0 Å². The number of nitrogens with two attached hydrogens (primary N) is 1. The Kier molecular flexibility index (Phi) is 4.73. The number of rotatable bonds is 4. The summed E-state index contributed by atoms with van der Waals surface area (Å²) in [5, 5.41) is 0. The minimum atomic E-state index is -0.781. The molecular weight excluding hydrogens is 268 g/mol. The molecule has 0 unspecified atom stereocenters. The van der Waals surface area contributed by atoms with Gasteiger partial charge in [0.25, 0.3) is 0 Å². The third kappa shape index (κ3) is 2.58. The first-order chi connectivity index (χ1) is 9.38. The fourth-order valence-corrected chi connectivity index (χ4v) is 1.82. The van der Waals surface area contributed by atoms with Gasteiger partial charge < -0.3 is 20.1 Å². The monoisotopic (exact) mass is 284 g/mol. The molecule has 1 aromatic heterocycles. The first-order valence-electron chi connectivity index (χ1n) is 5.61. The number of carbonyl (C=O) groups is 3. The molecule has 110 valence electrons. The minimum Gasteiger partial charge on any atom is -0.469 e. The lowest BCUT2D eigenvalue weighted by atomic mass is 10.1. The van der Waals surface area contributed by atoms with E-state index in [4.69, 9.17) is 5.84 Å². The van der Waals surface area contributed by atoms with Crippen LogP contribution in [0, 0.1) is 6.92 Å². The SMILES string of the molecule is COC(=O)Cc1c(C(=O)OC)c(C(=O)OC)c(C)n1N. The number of nitrogens with zero attached hydrogens (tertiary/aromatic N) is 1. The highest BCUT2D eigenvalue weighted by Gasteiger charge is 2.31. The van der Waals surface area contributed by atoms with Crippen LogP contribution in [0.25, 0.3) is 0 Å². The Hall–Kier alpha value is -2.51. The van der Waals surface area contributed by atoms with Crippen molar-refractivity contribution in [1.29, 1.82) is 0 Å². The lowest BCUT2D eigenvalue weighted by molar-refractivity contribution is -0.139. The first kappa shape index (κ1) is 15.5. The van der Waals surface area contributed by atoms with E-state index in [1.54, 1.807) is 0 Å². The van der Waals surface area contributed by atoms with Gasteiger partial charge in [-0.2, -0.15) is 0 Å². The van der Waals surface area contributed by atoms with E-state index in [9.17, 15) is 14.4 Å². The minimum absolute atomic E-state index is 0.0271. The summed E-state index contributed by atoms with van der Waals surface area (Å²) in [4.78, 5) is 35.0. The summed E-state index contributed by atoms with van der Waals surface area (Å²) < 4.78 is 14.9. The molecule has 0 bridgehead atoms. The second-order valence-electron chi connectivity index (χ2n) is 3.89. The van der Waals surface area contributed by atoms with Gasteiger partial charge in [-0.05, 0) is 6.92 Å². The second kappa shape index (κ2) is 6.09. The Bertz CT molecular complexity index is 561. The Morgan fingerprint density at radius 3 is 1.95 bits per heavy atom. The predicted molar refractivity (Wildman–Crippen MR) is 67.7 cm³/mol. The Balaban J connectivity index is 3.53. The maximum Gasteiger partial charge on any atom is 0.340 e. The van der Waals surface area contributed by atoms with Gasteiger partial charge in [-0.3, -0.25) is 9.47 Å². The average molecular weight is 284 g/mol. The molecule has 20 heavy (non-hydrogen) atoms. The summed E-state index contributed by atoms with van der Waals surface area (Å²) in [6.07, 6.45) is -0.269. The molecule has 2 N–H and O–H groups in total. The standard InChI is InChI=1S/C12H16N2O6/c1-6-9(11(16)19-3)10(12(17)20-4)7(14(6)13)5-8(15)18-2/h5,13H2,1-4H3. The van der Waals surface area contributed by atoms with E-state index in [1.165, 1.54) is 21.1 Å². The number of hydrogen-bond donors (Lipinski definition) is 1. The largest absolute Gasteiger partial charge is 0.469 e. The van der Waals surface area contributed by atoms with Crippen molar-refractivity contribution in [3.63, 3.8) is 0 Å². The van der Waals surface area contributed by atoms with Crippen molar-refractivity contribution in [1.82, 2.24) is 4.68 Å². The van der Waals surface area contributed by atoms with Crippen LogP contribution in [0.5, 0.6) is 0 Å². The van der Waals surface area contributed by atoms with Crippen molar-refractivity contribution >= 4 is 17.9 Å². The Labute approximate surface area is 115 Å². The van der Waals surface area contributed by atoms with Crippen LogP contribution < -0.4 is 5.84 Å². The summed E-state index contributed by atoms with van der Waals surface area (Å²) in [6.45, 7) is 1.53. The van der Waals surface area contributed by atoms with Crippen molar-refractivity contribution in [2.75, 3.05) is 27.2 Å². The molecular formula is C12H16N2O6. The number of esters is 3.